The van der Waals surface area contributed by atoms with Crippen LogP contribution in [0.1, 0.15) is 72.3 Å². The molecule has 180 valence electrons. The number of anilines is 1. The zero-order valence-corrected chi connectivity index (χ0v) is 19.3. The minimum Gasteiger partial charge on any atom is -0.384 e. The summed E-state index contributed by atoms with van der Waals surface area (Å²) >= 11 is 1.42. The SMILES string of the molecule is CC(C)(O)c1nc2nc([C@H]3CC[C@H](C=O)CC3)sc2cc1NC(=O)c1cccc(C(F)(F)F)n1. The Bertz CT molecular complexity index is 1230. The van der Waals surface area contributed by atoms with Crippen molar-refractivity contribution in [1.29, 1.82) is 0 Å². The van der Waals surface area contributed by atoms with Crippen LogP contribution < -0.4 is 5.32 Å². The monoisotopic (exact) mass is 492 g/mol. The van der Waals surface area contributed by atoms with E-state index in [9.17, 15) is 27.9 Å². The van der Waals surface area contributed by atoms with Crippen LogP contribution in [0.5, 0.6) is 0 Å². The number of pyridine rings is 2. The summed E-state index contributed by atoms with van der Waals surface area (Å²) in [5, 5.41) is 14.1. The molecule has 0 spiro atoms. The first-order chi connectivity index (χ1) is 16.0. The van der Waals surface area contributed by atoms with Crippen molar-refractivity contribution in [3.05, 3.63) is 46.4 Å². The van der Waals surface area contributed by atoms with Crippen molar-refractivity contribution in [2.24, 2.45) is 5.92 Å². The molecule has 0 radical (unpaired) electrons. The number of carbonyl (C=O) groups excluding carboxylic acids is 2. The molecule has 7 nitrogen and oxygen atoms in total. The van der Waals surface area contributed by atoms with Crippen molar-refractivity contribution in [1.82, 2.24) is 15.0 Å². The normalized spacial score (nSPS) is 19.2. The lowest BCUT2D eigenvalue weighted by atomic mass is 9.83. The highest BCUT2D eigenvalue weighted by molar-refractivity contribution is 7.18. The number of halogens is 3. The quantitative estimate of drug-likeness (QED) is 0.483. The summed E-state index contributed by atoms with van der Waals surface area (Å²) in [7, 11) is 0. The number of aromatic nitrogens is 3. The lowest BCUT2D eigenvalue weighted by Crippen LogP contribution is -2.23. The van der Waals surface area contributed by atoms with Crippen LogP contribution in [-0.2, 0) is 16.6 Å². The fourth-order valence-corrected chi connectivity index (χ4v) is 5.14. The van der Waals surface area contributed by atoms with E-state index in [0.717, 1.165) is 49.1 Å². The number of fused-ring (bicyclic) bond motifs is 1. The summed E-state index contributed by atoms with van der Waals surface area (Å²) in [4.78, 5) is 36.3. The van der Waals surface area contributed by atoms with Gasteiger partial charge in [0.2, 0.25) is 0 Å². The van der Waals surface area contributed by atoms with E-state index in [1.165, 1.54) is 31.3 Å². The van der Waals surface area contributed by atoms with Crippen LogP contribution in [0.3, 0.4) is 0 Å². The van der Waals surface area contributed by atoms with Crippen LogP contribution in [-0.4, -0.2) is 32.3 Å². The molecule has 34 heavy (non-hydrogen) atoms. The molecule has 0 aromatic carbocycles. The van der Waals surface area contributed by atoms with Crippen LogP contribution in [0.2, 0.25) is 0 Å². The first-order valence-electron chi connectivity index (χ1n) is 10.8. The Labute approximate surface area is 197 Å². The van der Waals surface area contributed by atoms with Gasteiger partial charge in [-0.15, -0.1) is 11.3 Å². The number of aldehydes is 1. The molecule has 11 heteroatoms. The molecule has 3 aromatic heterocycles. The van der Waals surface area contributed by atoms with Gasteiger partial charge in [-0.1, -0.05) is 6.07 Å². The topological polar surface area (TPSA) is 105 Å². The van der Waals surface area contributed by atoms with Crippen molar-refractivity contribution in [3.8, 4) is 0 Å². The molecule has 3 aromatic rings. The van der Waals surface area contributed by atoms with E-state index < -0.39 is 29.1 Å². The molecule has 3 heterocycles. The van der Waals surface area contributed by atoms with Gasteiger partial charge in [0.25, 0.3) is 5.91 Å². The molecule has 1 fully saturated rings. The Morgan fingerprint density at radius 3 is 2.47 bits per heavy atom. The standard InChI is InChI=1S/C23H23F3N4O3S/c1-22(2,33)18-15(28-20(32)14-4-3-5-17(27-14)23(24,25)26)10-16-19(29-18)30-21(34-16)13-8-6-12(11-31)7-9-13/h3-5,10-13,33H,6-9H2,1-2H3,(H,28,32)/t12-,13-. The smallest absolute Gasteiger partial charge is 0.384 e. The highest BCUT2D eigenvalue weighted by Crippen LogP contribution is 2.40. The van der Waals surface area contributed by atoms with Crippen LogP contribution in [0.25, 0.3) is 10.3 Å². The van der Waals surface area contributed by atoms with Crippen LogP contribution >= 0.6 is 11.3 Å². The molecule has 0 atom stereocenters. The number of nitrogens with zero attached hydrogens (tertiary/aromatic N) is 3. The second-order valence-corrected chi connectivity index (χ2v) is 9.99. The number of hydrogen-bond donors (Lipinski definition) is 2. The van der Waals surface area contributed by atoms with E-state index in [2.05, 4.69) is 20.3 Å². The maximum Gasteiger partial charge on any atom is 0.433 e. The number of thiazole rings is 1. The lowest BCUT2D eigenvalue weighted by Gasteiger charge is -2.23. The number of rotatable bonds is 5. The number of aliphatic hydroxyl groups is 1. The number of amides is 1. The van der Waals surface area contributed by atoms with Gasteiger partial charge in [-0.25, -0.2) is 15.0 Å². The Hall–Kier alpha value is -2.92. The maximum atomic E-state index is 13.0. The van der Waals surface area contributed by atoms with Crippen molar-refractivity contribution < 1.29 is 27.9 Å². The molecule has 1 amide bonds. The number of nitrogens with one attached hydrogen (secondary N) is 1. The predicted octanol–water partition coefficient (Wildman–Crippen LogP) is 5.06. The average molecular weight is 493 g/mol. The van der Waals surface area contributed by atoms with Gasteiger partial charge in [0.1, 0.15) is 23.3 Å². The summed E-state index contributed by atoms with van der Waals surface area (Å²) in [5.41, 5.74) is -2.30. The van der Waals surface area contributed by atoms with E-state index in [4.69, 9.17) is 0 Å². The molecular weight excluding hydrogens is 469 g/mol. The average Bonchev–Trinajstić information content (AvgIpc) is 3.20. The third kappa shape index (κ3) is 5.10. The van der Waals surface area contributed by atoms with Gasteiger partial charge in [0.15, 0.2) is 5.65 Å². The van der Waals surface area contributed by atoms with Gasteiger partial charge in [0.05, 0.1) is 21.1 Å². The highest BCUT2D eigenvalue weighted by atomic mass is 32.1. The van der Waals surface area contributed by atoms with Crippen molar-refractivity contribution >= 4 is 39.6 Å². The number of hydrogen-bond acceptors (Lipinski definition) is 7. The second-order valence-electron chi connectivity index (χ2n) is 8.93. The van der Waals surface area contributed by atoms with E-state index in [1.807, 2.05) is 0 Å². The van der Waals surface area contributed by atoms with Crippen molar-refractivity contribution in [3.63, 3.8) is 0 Å². The second kappa shape index (κ2) is 9.03. The Balaban J connectivity index is 1.66. The van der Waals surface area contributed by atoms with Crippen molar-refractivity contribution in [2.75, 3.05) is 5.32 Å². The molecule has 1 aliphatic rings. The van der Waals surface area contributed by atoms with Gasteiger partial charge in [0, 0.05) is 11.8 Å². The van der Waals surface area contributed by atoms with Gasteiger partial charge < -0.3 is 15.2 Å². The minimum absolute atomic E-state index is 0.0804. The molecule has 0 aliphatic heterocycles. The summed E-state index contributed by atoms with van der Waals surface area (Å²) in [6.45, 7) is 2.99. The number of carbonyl (C=O) groups is 2. The van der Waals surface area contributed by atoms with E-state index in [-0.39, 0.29) is 23.2 Å². The van der Waals surface area contributed by atoms with Gasteiger partial charge in [-0.2, -0.15) is 13.2 Å². The van der Waals surface area contributed by atoms with Crippen molar-refractivity contribution in [2.45, 2.75) is 57.2 Å². The molecule has 0 unspecified atom stereocenters. The maximum absolute atomic E-state index is 13.0. The van der Waals surface area contributed by atoms with Gasteiger partial charge in [-0.05, 0) is 57.7 Å². The molecule has 1 aliphatic carbocycles. The zero-order chi connectivity index (χ0) is 24.7. The summed E-state index contributed by atoms with van der Waals surface area (Å²) in [6.07, 6.45) is -0.396. The largest absolute Gasteiger partial charge is 0.433 e. The van der Waals surface area contributed by atoms with Crippen LogP contribution in [0.4, 0.5) is 18.9 Å². The summed E-state index contributed by atoms with van der Waals surface area (Å²) in [6, 6.07) is 4.70. The molecule has 4 rings (SSSR count). The fraction of sp³-hybridized carbons (Fsp3) is 0.435. The van der Waals surface area contributed by atoms with Crippen LogP contribution in [0, 0.1) is 5.92 Å². The fourth-order valence-electron chi connectivity index (χ4n) is 4.02. The molecule has 1 saturated carbocycles. The van der Waals surface area contributed by atoms with Gasteiger partial charge >= 0.3 is 6.18 Å². The van der Waals surface area contributed by atoms with E-state index in [1.54, 1.807) is 6.07 Å². The summed E-state index contributed by atoms with van der Waals surface area (Å²) in [5.74, 6) is -0.570. The molecule has 0 bridgehead atoms. The Kier molecular flexibility index (Phi) is 6.43. The molecular formula is C23H23F3N4O3S. The summed E-state index contributed by atoms with van der Waals surface area (Å²) < 4.78 is 39.6. The lowest BCUT2D eigenvalue weighted by molar-refractivity contribution is -0.141. The third-order valence-corrected chi connectivity index (χ3v) is 6.97. The van der Waals surface area contributed by atoms with E-state index in [0.29, 0.717) is 10.3 Å². The van der Waals surface area contributed by atoms with E-state index >= 15 is 0 Å². The number of alkyl halides is 3. The highest BCUT2D eigenvalue weighted by Gasteiger charge is 2.33. The van der Waals surface area contributed by atoms with Crippen LogP contribution in [0.15, 0.2) is 24.3 Å². The Morgan fingerprint density at radius 2 is 1.85 bits per heavy atom. The molecule has 0 saturated heterocycles. The minimum atomic E-state index is -4.68. The first kappa shape index (κ1) is 24.2. The Morgan fingerprint density at radius 1 is 1.15 bits per heavy atom. The first-order valence-corrected chi connectivity index (χ1v) is 11.6. The predicted molar refractivity (Wildman–Crippen MR) is 121 cm³/mol. The zero-order valence-electron chi connectivity index (χ0n) is 18.5. The third-order valence-electron chi connectivity index (χ3n) is 5.81. The van der Waals surface area contributed by atoms with Gasteiger partial charge in [-0.3, -0.25) is 4.79 Å². The molecule has 2 N–H and O–H groups in total.